The highest BCUT2D eigenvalue weighted by Gasteiger charge is 2.00. The number of hydrogen-bond donors (Lipinski definition) is 0. The number of nitrogens with zero attached hydrogens (tertiary/aromatic N) is 1. The maximum Gasteiger partial charge on any atom is 0.0705 e. The highest BCUT2D eigenvalue weighted by molar-refractivity contribution is 14.1. The molecule has 0 fully saturated rings. The molecule has 66 valence electrons. The lowest BCUT2D eigenvalue weighted by Crippen LogP contribution is -1.85. The van der Waals surface area contributed by atoms with Gasteiger partial charge in [-0.15, -0.1) is 0 Å². The van der Waals surface area contributed by atoms with E-state index < -0.39 is 0 Å². The first-order valence-corrected chi connectivity index (χ1v) is 6.51. The molecule has 0 spiro atoms. The van der Waals surface area contributed by atoms with Crippen LogP contribution in [0.5, 0.6) is 0 Å². The molecule has 0 atom stereocenters. The van der Waals surface area contributed by atoms with E-state index in [9.17, 15) is 0 Å². The van der Waals surface area contributed by atoms with Gasteiger partial charge in [-0.25, -0.2) is 0 Å². The number of pyridine rings is 1. The molecule has 1 aromatic heterocycles. The minimum absolute atomic E-state index is 1.04. The van der Waals surface area contributed by atoms with E-state index in [0.29, 0.717) is 0 Å². The minimum Gasteiger partial charge on any atom is -0.256 e. The Morgan fingerprint density at radius 3 is 2.85 bits per heavy atom. The van der Waals surface area contributed by atoms with Crippen LogP contribution in [0.15, 0.2) is 30.5 Å². The molecule has 2 rings (SSSR count). The van der Waals surface area contributed by atoms with Crippen molar-refractivity contribution in [2.75, 3.05) is 0 Å². The normalized spacial score (nSPS) is 10.6. The fourth-order valence-corrected chi connectivity index (χ4v) is 2.45. The van der Waals surface area contributed by atoms with Gasteiger partial charge in [0, 0.05) is 19.6 Å². The van der Waals surface area contributed by atoms with E-state index >= 15 is 0 Å². The lowest BCUT2D eigenvalue weighted by molar-refractivity contribution is 1.36. The van der Waals surface area contributed by atoms with Crippen LogP contribution >= 0.6 is 45.2 Å². The molecule has 1 nitrogen and oxygen atoms in total. The van der Waals surface area contributed by atoms with Crippen LogP contribution in [-0.2, 0) is 4.43 Å². The number of benzene rings is 1. The molecular weight excluding hydrogens is 388 g/mol. The minimum atomic E-state index is 1.04. The van der Waals surface area contributed by atoms with E-state index in [1.54, 1.807) is 0 Å². The van der Waals surface area contributed by atoms with Crippen molar-refractivity contribution in [3.8, 4) is 0 Å². The molecule has 0 saturated carbocycles. The predicted molar refractivity (Wildman–Crippen MR) is 72.2 cm³/mol. The number of alkyl halides is 1. The lowest BCUT2D eigenvalue weighted by atomic mass is 10.1. The fourth-order valence-electron chi connectivity index (χ4n) is 1.29. The molecule has 0 aliphatic rings. The molecule has 0 radical (unpaired) electrons. The summed E-state index contributed by atoms with van der Waals surface area (Å²) in [7, 11) is 0. The van der Waals surface area contributed by atoms with Crippen LogP contribution in [0.2, 0.25) is 0 Å². The summed E-state index contributed by atoms with van der Waals surface area (Å²) in [4.78, 5) is 4.32. The topological polar surface area (TPSA) is 12.9 Å². The number of fused-ring (bicyclic) bond motifs is 1. The van der Waals surface area contributed by atoms with E-state index in [0.717, 1.165) is 9.94 Å². The zero-order valence-corrected chi connectivity index (χ0v) is 11.1. The first-order valence-electron chi connectivity index (χ1n) is 3.90. The van der Waals surface area contributed by atoms with Gasteiger partial charge in [-0.05, 0) is 52.4 Å². The smallest absolute Gasteiger partial charge is 0.0705 e. The summed E-state index contributed by atoms with van der Waals surface area (Å²) in [6.45, 7) is 0. The van der Waals surface area contributed by atoms with Gasteiger partial charge in [0.1, 0.15) is 0 Å². The Morgan fingerprint density at radius 2 is 2.08 bits per heavy atom. The summed E-state index contributed by atoms with van der Waals surface area (Å²) < 4.78 is 2.31. The fraction of sp³-hybridized carbons (Fsp3) is 0.100. The first kappa shape index (κ1) is 9.64. The summed E-state index contributed by atoms with van der Waals surface area (Å²) >= 11 is 4.71. The van der Waals surface area contributed by atoms with Crippen molar-refractivity contribution in [1.82, 2.24) is 4.98 Å². The first-order chi connectivity index (χ1) is 6.31. The maximum atomic E-state index is 4.32. The third-order valence-corrected chi connectivity index (χ3v) is 3.43. The molecule has 0 N–H and O–H groups in total. The zero-order valence-electron chi connectivity index (χ0n) is 6.80. The van der Waals surface area contributed by atoms with Gasteiger partial charge in [-0.1, -0.05) is 22.6 Å². The van der Waals surface area contributed by atoms with Crippen molar-refractivity contribution < 1.29 is 0 Å². The Kier molecular flexibility index (Phi) is 3.02. The van der Waals surface area contributed by atoms with Crippen molar-refractivity contribution in [2.24, 2.45) is 0 Å². The monoisotopic (exact) mass is 395 g/mol. The van der Waals surface area contributed by atoms with Gasteiger partial charge in [0.05, 0.1) is 5.52 Å². The van der Waals surface area contributed by atoms with Crippen LogP contribution in [0.1, 0.15) is 5.56 Å². The van der Waals surface area contributed by atoms with Crippen LogP contribution in [-0.4, -0.2) is 4.98 Å². The Labute approximate surface area is 104 Å². The van der Waals surface area contributed by atoms with E-state index in [4.69, 9.17) is 0 Å². The third kappa shape index (κ3) is 1.96. The number of hydrogen-bond acceptors (Lipinski definition) is 1. The van der Waals surface area contributed by atoms with Gasteiger partial charge in [-0.2, -0.15) is 0 Å². The van der Waals surface area contributed by atoms with Crippen LogP contribution < -0.4 is 0 Å². The van der Waals surface area contributed by atoms with E-state index in [-0.39, 0.29) is 0 Å². The average molecular weight is 395 g/mol. The van der Waals surface area contributed by atoms with Crippen LogP contribution in [0.25, 0.3) is 10.9 Å². The lowest BCUT2D eigenvalue weighted by Gasteiger charge is -2.02. The summed E-state index contributed by atoms with van der Waals surface area (Å²) in [5.74, 6) is 0. The van der Waals surface area contributed by atoms with Crippen LogP contribution in [0.3, 0.4) is 0 Å². The molecule has 0 amide bonds. The van der Waals surface area contributed by atoms with E-state index in [1.165, 1.54) is 14.5 Å². The van der Waals surface area contributed by atoms with Gasteiger partial charge >= 0.3 is 0 Å². The number of rotatable bonds is 1. The van der Waals surface area contributed by atoms with Gasteiger partial charge < -0.3 is 0 Å². The quantitative estimate of drug-likeness (QED) is 0.530. The predicted octanol–water partition coefficient (Wildman–Crippen LogP) is 3.77. The van der Waals surface area contributed by atoms with Crippen molar-refractivity contribution in [1.29, 1.82) is 0 Å². The van der Waals surface area contributed by atoms with Crippen molar-refractivity contribution in [3.05, 3.63) is 39.6 Å². The zero-order chi connectivity index (χ0) is 9.26. The summed E-state index contributed by atoms with van der Waals surface area (Å²) in [6, 6.07) is 8.45. The highest BCUT2D eigenvalue weighted by Crippen LogP contribution is 2.21. The van der Waals surface area contributed by atoms with Crippen LogP contribution in [0, 0.1) is 3.57 Å². The van der Waals surface area contributed by atoms with Crippen LogP contribution in [0.4, 0.5) is 0 Å². The Morgan fingerprint density at radius 1 is 1.23 bits per heavy atom. The summed E-state index contributed by atoms with van der Waals surface area (Å²) in [5.41, 5.74) is 2.46. The van der Waals surface area contributed by atoms with Crippen molar-refractivity contribution in [3.63, 3.8) is 0 Å². The molecular formula is C10H7I2N. The molecule has 0 unspecified atom stereocenters. The molecule has 3 heteroatoms. The largest absolute Gasteiger partial charge is 0.256 e. The second kappa shape index (κ2) is 4.08. The third-order valence-electron chi connectivity index (χ3n) is 1.94. The van der Waals surface area contributed by atoms with Gasteiger partial charge in [-0.3, -0.25) is 4.98 Å². The molecule has 13 heavy (non-hydrogen) atoms. The number of halogens is 2. The molecule has 0 aliphatic heterocycles. The van der Waals surface area contributed by atoms with Gasteiger partial charge in [0.25, 0.3) is 0 Å². The Bertz CT molecular complexity index is 440. The van der Waals surface area contributed by atoms with E-state index in [2.05, 4.69) is 74.4 Å². The SMILES string of the molecule is ICc1ccnc2ccc(I)cc12. The maximum absolute atomic E-state index is 4.32. The van der Waals surface area contributed by atoms with E-state index in [1.807, 2.05) is 6.20 Å². The second-order valence-corrected chi connectivity index (χ2v) is 4.77. The summed E-state index contributed by atoms with van der Waals surface area (Å²) in [6.07, 6.45) is 1.88. The molecule has 2 aromatic rings. The number of aromatic nitrogens is 1. The van der Waals surface area contributed by atoms with Crippen molar-refractivity contribution >= 4 is 56.1 Å². The van der Waals surface area contributed by atoms with Gasteiger partial charge in [0.2, 0.25) is 0 Å². The second-order valence-electron chi connectivity index (χ2n) is 2.77. The molecule has 1 heterocycles. The molecule has 0 bridgehead atoms. The Hall–Kier alpha value is 0.0900. The molecule has 1 aromatic carbocycles. The molecule has 0 saturated heterocycles. The standard InChI is InChI=1S/C10H7I2N/c11-6-7-3-4-13-10-2-1-8(12)5-9(7)10/h1-5H,6H2. The van der Waals surface area contributed by atoms with Crippen molar-refractivity contribution in [2.45, 2.75) is 4.43 Å². The average Bonchev–Trinajstić information content (AvgIpc) is 2.17. The Balaban J connectivity index is 2.79. The molecule has 0 aliphatic carbocycles. The highest BCUT2D eigenvalue weighted by atomic mass is 127. The summed E-state index contributed by atoms with van der Waals surface area (Å²) in [5, 5.41) is 1.28. The van der Waals surface area contributed by atoms with Gasteiger partial charge in [0.15, 0.2) is 0 Å².